The lowest BCUT2D eigenvalue weighted by molar-refractivity contribution is 0.207. The maximum Gasteiger partial charge on any atom is 0.492 e. The summed E-state index contributed by atoms with van der Waals surface area (Å²) in [7, 11) is -0.350. The minimum atomic E-state index is -0.350. The predicted molar refractivity (Wildman–Crippen MR) is 70.6 cm³/mol. The third-order valence-electron chi connectivity index (χ3n) is 2.22. The Kier molecular flexibility index (Phi) is 6.38. The van der Waals surface area contributed by atoms with Crippen LogP contribution in [0, 0.1) is 6.57 Å². The zero-order valence-corrected chi connectivity index (χ0v) is 10.5. The summed E-state index contributed by atoms with van der Waals surface area (Å²) in [5.74, 6) is 0. The zero-order valence-electron chi connectivity index (χ0n) is 10.5. The van der Waals surface area contributed by atoms with E-state index >= 15 is 0 Å². The van der Waals surface area contributed by atoms with Crippen molar-refractivity contribution in [3.05, 3.63) is 35.7 Å². The summed E-state index contributed by atoms with van der Waals surface area (Å²) in [4.78, 5) is 3.41. The predicted octanol–water partition coefficient (Wildman–Crippen LogP) is 2.79. The Morgan fingerprint density at radius 1 is 1.18 bits per heavy atom. The van der Waals surface area contributed by atoms with Crippen LogP contribution < -0.4 is 5.46 Å². The van der Waals surface area contributed by atoms with Gasteiger partial charge >= 0.3 is 7.12 Å². The monoisotopic (exact) mass is 231 g/mol. The smallest absolute Gasteiger partial charge is 0.407 e. The molecule has 17 heavy (non-hydrogen) atoms. The highest BCUT2D eigenvalue weighted by Crippen LogP contribution is 2.09. The molecule has 1 aromatic rings. The second-order valence-electron chi connectivity index (χ2n) is 3.78. The topological polar surface area (TPSA) is 22.8 Å². The van der Waals surface area contributed by atoms with Crippen molar-refractivity contribution in [2.75, 3.05) is 13.2 Å². The lowest BCUT2D eigenvalue weighted by Crippen LogP contribution is -2.37. The van der Waals surface area contributed by atoms with Crippen LogP contribution in [0.25, 0.3) is 4.85 Å². The van der Waals surface area contributed by atoms with Crippen molar-refractivity contribution in [3.63, 3.8) is 0 Å². The molecule has 0 atom stereocenters. The fourth-order valence-corrected chi connectivity index (χ4v) is 1.43. The van der Waals surface area contributed by atoms with Gasteiger partial charge in [0.15, 0.2) is 5.69 Å². The van der Waals surface area contributed by atoms with Gasteiger partial charge in [0.1, 0.15) is 0 Å². The van der Waals surface area contributed by atoms with E-state index < -0.39 is 0 Å². The van der Waals surface area contributed by atoms with Crippen LogP contribution >= 0.6 is 0 Å². The summed E-state index contributed by atoms with van der Waals surface area (Å²) in [5, 5.41) is 0. The van der Waals surface area contributed by atoms with E-state index in [1.807, 2.05) is 18.2 Å². The Morgan fingerprint density at radius 2 is 1.82 bits per heavy atom. The van der Waals surface area contributed by atoms with E-state index in [9.17, 15) is 0 Å². The fourth-order valence-electron chi connectivity index (χ4n) is 1.43. The van der Waals surface area contributed by atoms with E-state index in [0.29, 0.717) is 18.9 Å². The molecular formula is C13H18BNO2. The van der Waals surface area contributed by atoms with Crippen LogP contribution in [0.3, 0.4) is 0 Å². The number of hydrogen-bond acceptors (Lipinski definition) is 2. The van der Waals surface area contributed by atoms with Gasteiger partial charge in [0.2, 0.25) is 0 Å². The zero-order chi connectivity index (χ0) is 12.5. The Labute approximate surface area is 104 Å². The summed E-state index contributed by atoms with van der Waals surface area (Å²) in [5.41, 5.74) is 1.54. The molecule has 0 amide bonds. The molecule has 0 radical (unpaired) electrons. The average molecular weight is 231 g/mol. The standard InChI is InChI=1S/C13H18BNO2/c1-4-9-16-14(17-10-5-2)12-7-6-8-13(11-12)15-3/h6-8,11H,4-5,9-10H2,1-2H3. The van der Waals surface area contributed by atoms with Gasteiger partial charge < -0.3 is 9.31 Å². The summed E-state index contributed by atoms with van der Waals surface area (Å²) in [6.45, 7) is 12.5. The van der Waals surface area contributed by atoms with Gasteiger partial charge in [-0.3, -0.25) is 0 Å². The highest BCUT2D eigenvalue weighted by atomic mass is 16.6. The normalized spacial score (nSPS) is 9.94. The van der Waals surface area contributed by atoms with E-state index in [-0.39, 0.29) is 7.12 Å². The van der Waals surface area contributed by atoms with Crippen molar-refractivity contribution < 1.29 is 9.31 Å². The van der Waals surface area contributed by atoms with Gasteiger partial charge in [0.25, 0.3) is 0 Å². The summed E-state index contributed by atoms with van der Waals surface area (Å²) < 4.78 is 11.3. The minimum absolute atomic E-state index is 0.350. The molecular weight excluding hydrogens is 213 g/mol. The molecule has 0 bridgehead atoms. The molecule has 0 aliphatic heterocycles. The molecule has 0 heterocycles. The second kappa shape index (κ2) is 7.89. The molecule has 0 N–H and O–H groups in total. The maximum absolute atomic E-state index is 7.00. The van der Waals surface area contributed by atoms with Gasteiger partial charge in [-0.2, -0.15) is 0 Å². The molecule has 0 aliphatic carbocycles. The number of nitrogens with zero attached hydrogens (tertiary/aromatic N) is 1. The third-order valence-corrected chi connectivity index (χ3v) is 2.22. The minimum Gasteiger partial charge on any atom is -0.407 e. The van der Waals surface area contributed by atoms with Crippen molar-refractivity contribution in [1.29, 1.82) is 0 Å². The largest absolute Gasteiger partial charge is 0.492 e. The maximum atomic E-state index is 7.00. The summed E-state index contributed by atoms with van der Waals surface area (Å²) >= 11 is 0. The van der Waals surface area contributed by atoms with Gasteiger partial charge in [-0.05, 0) is 18.3 Å². The second-order valence-corrected chi connectivity index (χ2v) is 3.78. The molecule has 0 saturated heterocycles. The molecule has 0 spiro atoms. The van der Waals surface area contributed by atoms with Crippen LogP contribution in [0.2, 0.25) is 0 Å². The SMILES string of the molecule is [C-]#[N+]c1cccc(B(OCCC)OCCC)c1. The molecule has 90 valence electrons. The number of rotatable bonds is 7. The van der Waals surface area contributed by atoms with Crippen molar-refractivity contribution in [2.45, 2.75) is 26.7 Å². The van der Waals surface area contributed by atoms with Gasteiger partial charge in [0.05, 0.1) is 6.57 Å². The Bertz CT molecular complexity index is 368. The molecule has 4 heteroatoms. The number of benzene rings is 1. The van der Waals surface area contributed by atoms with Gasteiger partial charge in [0, 0.05) is 13.2 Å². The first-order chi connectivity index (χ1) is 8.31. The molecule has 0 saturated carbocycles. The van der Waals surface area contributed by atoms with Crippen molar-refractivity contribution in [1.82, 2.24) is 0 Å². The first-order valence-electron chi connectivity index (χ1n) is 6.02. The van der Waals surface area contributed by atoms with Crippen molar-refractivity contribution in [3.8, 4) is 0 Å². The van der Waals surface area contributed by atoms with Crippen LogP contribution in [-0.4, -0.2) is 20.3 Å². The van der Waals surface area contributed by atoms with Gasteiger partial charge in [-0.1, -0.05) is 38.1 Å². The van der Waals surface area contributed by atoms with Gasteiger partial charge in [-0.15, -0.1) is 0 Å². The molecule has 0 unspecified atom stereocenters. The number of hydrogen-bond donors (Lipinski definition) is 0. The highest BCUT2D eigenvalue weighted by molar-refractivity contribution is 6.61. The van der Waals surface area contributed by atoms with E-state index in [4.69, 9.17) is 15.9 Å². The molecule has 0 aliphatic rings. The molecule has 0 fully saturated rings. The highest BCUT2D eigenvalue weighted by Gasteiger charge is 2.20. The molecule has 3 nitrogen and oxygen atoms in total. The Hall–Kier alpha value is -1.31. The lowest BCUT2D eigenvalue weighted by Gasteiger charge is -2.14. The first kappa shape index (κ1) is 13.8. The molecule has 1 aromatic carbocycles. The summed E-state index contributed by atoms with van der Waals surface area (Å²) in [6, 6.07) is 7.40. The van der Waals surface area contributed by atoms with E-state index in [0.717, 1.165) is 18.3 Å². The van der Waals surface area contributed by atoms with E-state index in [2.05, 4.69) is 18.7 Å². The average Bonchev–Trinajstić information content (AvgIpc) is 2.39. The van der Waals surface area contributed by atoms with Crippen molar-refractivity contribution >= 4 is 18.3 Å². The molecule has 0 aromatic heterocycles. The fraction of sp³-hybridized carbons (Fsp3) is 0.462. The van der Waals surface area contributed by atoms with Crippen LogP contribution in [0.15, 0.2) is 24.3 Å². The van der Waals surface area contributed by atoms with Crippen LogP contribution in [0.4, 0.5) is 5.69 Å². The Morgan fingerprint density at radius 3 is 2.35 bits per heavy atom. The van der Waals surface area contributed by atoms with Crippen LogP contribution in [0.1, 0.15) is 26.7 Å². The quantitative estimate of drug-likeness (QED) is 0.532. The van der Waals surface area contributed by atoms with Crippen molar-refractivity contribution in [2.24, 2.45) is 0 Å². The van der Waals surface area contributed by atoms with E-state index in [1.54, 1.807) is 6.07 Å². The van der Waals surface area contributed by atoms with Crippen LogP contribution in [0.5, 0.6) is 0 Å². The molecule has 1 rings (SSSR count). The van der Waals surface area contributed by atoms with E-state index in [1.165, 1.54) is 0 Å². The lowest BCUT2D eigenvalue weighted by atomic mass is 9.78. The van der Waals surface area contributed by atoms with Gasteiger partial charge in [-0.25, -0.2) is 4.85 Å². The Balaban J connectivity index is 2.75. The van der Waals surface area contributed by atoms with Crippen LogP contribution in [-0.2, 0) is 9.31 Å². The summed E-state index contributed by atoms with van der Waals surface area (Å²) in [6.07, 6.45) is 1.91. The first-order valence-corrected chi connectivity index (χ1v) is 6.02. The third kappa shape index (κ3) is 4.60.